The third-order valence-electron chi connectivity index (χ3n) is 2.46. The number of amides is 2. The molecule has 0 aromatic rings. The number of rotatable bonds is 5. The van der Waals surface area contributed by atoms with Gasteiger partial charge in [0.15, 0.2) is 0 Å². The van der Waals surface area contributed by atoms with Crippen LogP contribution in [0.2, 0.25) is 0 Å². The smallest absolute Gasteiger partial charge is 0.325 e. The first-order valence-corrected chi connectivity index (χ1v) is 5.26. The molecule has 1 unspecified atom stereocenters. The van der Waals surface area contributed by atoms with Crippen molar-refractivity contribution in [3.63, 3.8) is 0 Å². The molecule has 0 aliphatic heterocycles. The minimum absolute atomic E-state index is 0.217. The van der Waals surface area contributed by atoms with Crippen molar-refractivity contribution >= 4 is 12.0 Å². The molecular weight excluding hydrogens is 208 g/mol. The van der Waals surface area contributed by atoms with Crippen LogP contribution in [0.4, 0.5) is 4.79 Å². The molecule has 16 heavy (non-hydrogen) atoms. The molecule has 1 rings (SSSR count). The van der Waals surface area contributed by atoms with E-state index in [9.17, 15) is 9.59 Å². The largest absolute Gasteiger partial charge is 0.480 e. The highest BCUT2D eigenvalue weighted by Crippen LogP contribution is 2.29. The molecular formula is C11H16N2O3. The fourth-order valence-corrected chi connectivity index (χ4v) is 1.28. The number of carboxylic acids is 1. The van der Waals surface area contributed by atoms with Gasteiger partial charge in [0, 0.05) is 6.54 Å². The Bertz CT molecular complexity index is 318. The average Bonchev–Trinajstić information content (AvgIpc) is 3.00. The highest BCUT2D eigenvalue weighted by molar-refractivity contribution is 5.82. The van der Waals surface area contributed by atoms with E-state index >= 15 is 0 Å². The predicted molar refractivity (Wildman–Crippen MR) is 58.8 cm³/mol. The summed E-state index contributed by atoms with van der Waals surface area (Å²) in [5.41, 5.74) is 0. The zero-order chi connectivity index (χ0) is 12.1. The van der Waals surface area contributed by atoms with Crippen LogP contribution in [0.5, 0.6) is 0 Å². The Morgan fingerprint density at radius 1 is 1.62 bits per heavy atom. The van der Waals surface area contributed by atoms with Gasteiger partial charge in [0.2, 0.25) is 0 Å². The molecule has 1 saturated carbocycles. The molecule has 0 radical (unpaired) electrons. The van der Waals surface area contributed by atoms with Crippen LogP contribution in [0.3, 0.4) is 0 Å². The topological polar surface area (TPSA) is 69.6 Å². The van der Waals surface area contributed by atoms with E-state index in [1.54, 1.807) is 0 Å². The van der Waals surface area contributed by atoms with Gasteiger partial charge in [0.25, 0.3) is 0 Å². The van der Waals surface area contributed by atoms with E-state index in [-0.39, 0.29) is 6.54 Å². The van der Waals surface area contributed by atoms with Crippen LogP contribution in [0.25, 0.3) is 0 Å². The zero-order valence-electron chi connectivity index (χ0n) is 9.27. The van der Waals surface area contributed by atoms with Crippen molar-refractivity contribution in [3.05, 3.63) is 0 Å². The Balaban J connectivity index is 2.45. The molecule has 1 aliphatic rings. The van der Waals surface area contributed by atoms with Gasteiger partial charge in [0.05, 0.1) is 6.54 Å². The standard InChI is InChI=1S/C11H16N2O3/c1-3-6-13(7-9-4-5-9)11(16)12-8(2)10(14)15/h1,8-9H,4-7H2,2H3,(H,12,16)(H,14,15). The Labute approximate surface area is 94.8 Å². The first-order valence-electron chi connectivity index (χ1n) is 5.26. The van der Waals surface area contributed by atoms with Crippen LogP contribution in [-0.4, -0.2) is 41.1 Å². The monoisotopic (exact) mass is 224 g/mol. The Hall–Kier alpha value is -1.70. The van der Waals surface area contributed by atoms with Gasteiger partial charge in [-0.05, 0) is 25.7 Å². The molecule has 1 atom stereocenters. The lowest BCUT2D eigenvalue weighted by atomic mass is 10.3. The summed E-state index contributed by atoms with van der Waals surface area (Å²) < 4.78 is 0. The molecule has 0 saturated heterocycles. The van der Waals surface area contributed by atoms with E-state index in [0.717, 1.165) is 12.8 Å². The van der Waals surface area contributed by atoms with Gasteiger partial charge in [-0.2, -0.15) is 0 Å². The third-order valence-corrected chi connectivity index (χ3v) is 2.46. The molecule has 5 heteroatoms. The minimum Gasteiger partial charge on any atom is -0.480 e. The molecule has 0 bridgehead atoms. The zero-order valence-corrected chi connectivity index (χ0v) is 9.27. The summed E-state index contributed by atoms with van der Waals surface area (Å²) in [5.74, 6) is 1.87. The minimum atomic E-state index is -1.06. The maximum absolute atomic E-state index is 11.7. The predicted octanol–water partition coefficient (Wildman–Crippen LogP) is 0.514. The summed E-state index contributed by atoms with van der Waals surface area (Å²) in [7, 11) is 0. The summed E-state index contributed by atoms with van der Waals surface area (Å²) >= 11 is 0. The first-order chi connectivity index (χ1) is 7.54. The number of carbonyl (C=O) groups is 2. The second-order valence-corrected chi connectivity index (χ2v) is 4.04. The quantitative estimate of drug-likeness (QED) is 0.669. The molecule has 0 heterocycles. The molecule has 2 amide bonds. The second-order valence-electron chi connectivity index (χ2n) is 4.04. The van der Waals surface area contributed by atoms with E-state index in [4.69, 9.17) is 11.5 Å². The van der Waals surface area contributed by atoms with Crippen LogP contribution >= 0.6 is 0 Å². The molecule has 0 spiro atoms. The first kappa shape index (κ1) is 12.4. The Morgan fingerprint density at radius 2 is 2.25 bits per heavy atom. The van der Waals surface area contributed by atoms with Crippen molar-refractivity contribution < 1.29 is 14.7 Å². The van der Waals surface area contributed by atoms with Crippen molar-refractivity contribution in [2.45, 2.75) is 25.8 Å². The van der Waals surface area contributed by atoms with Gasteiger partial charge >= 0.3 is 12.0 Å². The van der Waals surface area contributed by atoms with E-state index < -0.39 is 18.0 Å². The maximum Gasteiger partial charge on any atom is 0.325 e. The van der Waals surface area contributed by atoms with Crippen molar-refractivity contribution in [1.29, 1.82) is 0 Å². The van der Waals surface area contributed by atoms with Crippen LogP contribution in [-0.2, 0) is 4.79 Å². The number of terminal acetylenes is 1. The summed E-state index contributed by atoms with van der Waals surface area (Å²) in [4.78, 5) is 23.7. The van der Waals surface area contributed by atoms with Crippen molar-refractivity contribution in [3.8, 4) is 12.3 Å². The van der Waals surface area contributed by atoms with E-state index in [2.05, 4.69) is 11.2 Å². The second kappa shape index (κ2) is 5.40. The van der Waals surface area contributed by atoms with Crippen LogP contribution in [0, 0.1) is 18.3 Å². The highest BCUT2D eigenvalue weighted by atomic mass is 16.4. The summed E-state index contributed by atoms with van der Waals surface area (Å²) in [5, 5.41) is 11.1. The molecule has 5 nitrogen and oxygen atoms in total. The summed E-state index contributed by atoms with van der Waals surface area (Å²) in [6.07, 6.45) is 7.39. The van der Waals surface area contributed by atoms with Gasteiger partial charge in [-0.1, -0.05) is 5.92 Å². The molecule has 1 fully saturated rings. The number of carbonyl (C=O) groups excluding carboxylic acids is 1. The average molecular weight is 224 g/mol. The number of carboxylic acid groups (broad SMARTS) is 1. The molecule has 2 N–H and O–H groups in total. The fourth-order valence-electron chi connectivity index (χ4n) is 1.28. The van der Waals surface area contributed by atoms with Crippen LogP contribution in [0.1, 0.15) is 19.8 Å². The van der Waals surface area contributed by atoms with Crippen LogP contribution in [0.15, 0.2) is 0 Å². The SMILES string of the molecule is C#CCN(CC1CC1)C(=O)NC(C)C(=O)O. The lowest BCUT2D eigenvalue weighted by Gasteiger charge is -2.21. The van der Waals surface area contributed by atoms with Gasteiger partial charge in [-0.25, -0.2) is 4.79 Å². The fraction of sp³-hybridized carbons (Fsp3) is 0.636. The Kier molecular flexibility index (Phi) is 4.18. The highest BCUT2D eigenvalue weighted by Gasteiger charge is 2.27. The van der Waals surface area contributed by atoms with Gasteiger partial charge < -0.3 is 15.3 Å². The number of hydrogen-bond donors (Lipinski definition) is 2. The van der Waals surface area contributed by atoms with Gasteiger partial charge in [-0.15, -0.1) is 6.42 Å². The lowest BCUT2D eigenvalue weighted by molar-refractivity contribution is -0.138. The van der Waals surface area contributed by atoms with Crippen molar-refractivity contribution in [2.24, 2.45) is 5.92 Å². The molecule has 0 aromatic heterocycles. The summed E-state index contributed by atoms with van der Waals surface area (Å²) in [6.45, 7) is 2.25. The number of nitrogens with zero attached hydrogens (tertiary/aromatic N) is 1. The number of hydrogen-bond acceptors (Lipinski definition) is 2. The van der Waals surface area contributed by atoms with E-state index in [1.165, 1.54) is 11.8 Å². The summed E-state index contributed by atoms with van der Waals surface area (Å²) in [6, 6.07) is -1.30. The third kappa shape index (κ3) is 3.81. The van der Waals surface area contributed by atoms with Crippen LogP contribution < -0.4 is 5.32 Å². The Morgan fingerprint density at radius 3 is 2.69 bits per heavy atom. The number of nitrogens with one attached hydrogen (secondary N) is 1. The van der Waals surface area contributed by atoms with E-state index in [1.807, 2.05) is 0 Å². The number of aliphatic carboxylic acids is 1. The van der Waals surface area contributed by atoms with Crippen molar-refractivity contribution in [1.82, 2.24) is 10.2 Å². The molecule has 1 aliphatic carbocycles. The van der Waals surface area contributed by atoms with Gasteiger partial charge in [0.1, 0.15) is 6.04 Å². The molecule has 0 aromatic carbocycles. The number of urea groups is 1. The van der Waals surface area contributed by atoms with E-state index in [0.29, 0.717) is 12.5 Å². The van der Waals surface area contributed by atoms with Gasteiger partial charge in [-0.3, -0.25) is 4.79 Å². The lowest BCUT2D eigenvalue weighted by Crippen LogP contribution is -2.47. The van der Waals surface area contributed by atoms with Crippen molar-refractivity contribution in [2.75, 3.05) is 13.1 Å². The normalized spacial score (nSPS) is 16.0. The molecule has 88 valence electrons. The maximum atomic E-state index is 11.7.